The molecule has 0 bridgehead atoms. The number of hydrogen-bond donors (Lipinski definition) is 0. The molecule has 9 heavy (non-hydrogen) atoms. The van der Waals surface area contributed by atoms with Crippen LogP contribution in [0.4, 0.5) is 0 Å². The Morgan fingerprint density at radius 2 is 0.778 bits per heavy atom. The van der Waals surface area contributed by atoms with Crippen molar-refractivity contribution in [1.82, 2.24) is 0 Å². The maximum absolute atomic E-state index is 8.48. The topological polar surface area (TPSA) is 126 Å². The molecule has 0 aliphatic rings. The molecule has 0 saturated heterocycles. The van der Waals surface area contributed by atoms with Crippen LogP contribution in [0.25, 0.3) is 0 Å². The molecule has 1 radical (unpaired) electrons. The van der Waals surface area contributed by atoms with Crippen LogP contribution in [-0.2, 0) is 29.6 Å². The first-order valence-corrected chi connectivity index (χ1v) is 3.29. The van der Waals surface area contributed by atoms with Crippen LogP contribution in [0.5, 0.6) is 0 Å². The predicted molar refractivity (Wildman–Crippen MR) is 15.2 cm³/mol. The van der Waals surface area contributed by atoms with Gasteiger partial charge in [0.15, 0.2) is 0 Å². The molecule has 0 N–H and O–H groups in total. The van der Waals surface area contributed by atoms with Gasteiger partial charge in [0.1, 0.15) is 0 Å². The smallest absolute Gasteiger partial charge is 0.276 e. The Labute approximate surface area is 66.1 Å². The molecule has 0 fully saturated rings. The summed E-state index contributed by atoms with van der Waals surface area (Å²) in [7, 11) is -6.74. The maximum Gasteiger partial charge on any atom is 0.276 e. The average molecular weight is 344 g/mol. The molecule has 0 aliphatic carbocycles. The summed E-state index contributed by atoms with van der Waals surface area (Å²) in [5.74, 6) is 0. The first-order valence-electron chi connectivity index (χ1n) is 1.10. The fraction of sp³-hybridized carbons (Fsp3) is 0. The van der Waals surface area contributed by atoms with Crippen LogP contribution < -0.4 is 19.6 Å². The second-order valence-electron chi connectivity index (χ2n) is 0.447. The van der Waals surface area contributed by atoms with Crippen molar-refractivity contribution in [2.45, 2.75) is 0 Å². The van der Waals surface area contributed by atoms with E-state index in [0.29, 0.717) is 0 Å². The minimum atomic E-state index is -3.37. The van der Waals surface area contributed by atoms with Crippen LogP contribution >= 0.6 is 16.5 Å². The molecule has 0 unspecified atom stereocenters. The molecule has 0 aliphatic heterocycles. The quantitative estimate of drug-likeness (QED) is 0.424. The molecule has 0 aromatic heterocycles. The van der Waals surface area contributed by atoms with Crippen LogP contribution in [0.2, 0.25) is 0 Å². The second-order valence-corrected chi connectivity index (χ2v) is 1.34. The minimum absolute atomic E-state index is 0. The normalized spacial score (nSPS) is 5.78. The first kappa shape index (κ1) is 16.4. The van der Waals surface area contributed by atoms with Gasteiger partial charge in [0, 0.05) is 20.4 Å². The van der Waals surface area contributed by atoms with Gasteiger partial charge in [0.25, 0.3) is 16.5 Å². The Kier molecular flexibility index (Phi) is 20.9. The van der Waals surface area contributed by atoms with E-state index in [1.165, 1.54) is 0 Å². The van der Waals surface area contributed by atoms with Crippen LogP contribution in [0.3, 0.4) is 0 Å². The Bertz CT molecular complexity index is 69.1. The van der Waals surface area contributed by atoms with Crippen molar-refractivity contribution in [3.8, 4) is 0 Å². The van der Waals surface area contributed by atoms with Gasteiger partial charge in [-0.2, -0.15) is 0 Å². The maximum atomic E-state index is 8.48. The van der Waals surface area contributed by atoms with E-state index in [-0.39, 0.29) is 20.4 Å². The Morgan fingerprint density at radius 3 is 0.778 bits per heavy atom. The van der Waals surface area contributed by atoms with Crippen molar-refractivity contribution in [3.05, 3.63) is 0 Å². The number of rotatable bonds is 0. The van der Waals surface area contributed by atoms with E-state index < -0.39 is 16.5 Å². The second kappa shape index (κ2) is 11.5. The standard InChI is InChI=1S/2HO3P.Re/c2*1-4(2)3;/h2*(H,1,2,3);/p-2. The SMILES string of the molecule is O=[P+]([O-])[O-].O=[P+]([O-])[O-].[Re]. The first-order chi connectivity index (χ1) is 3.46. The van der Waals surface area contributed by atoms with E-state index in [9.17, 15) is 0 Å². The molecule has 0 atom stereocenters. The predicted octanol–water partition coefficient (Wildman–Crippen LogP) is -3.27. The molecule has 6 nitrogen and oxygen atoms in total. The van der Waals surface area contributed by atoms with Crippen molar-refractivity contribution in [2.24, 2.45) is 0 Å². The third-order valence-corrected chi connectivity index (χ3v) is 0. The van der Waals surface area contributed by atoms with E-state index in [1.54, 1.807) is 0 Å². The summed E-state index contributed by atoms with van der Waals surface area (Å²) in [4.78, 5) is 33.9. The zero-order valence-corrected chi connectivity index (χ0v) is 8.23. The molecule has 0 heterocycles. The largest absolute Gasteiger partial charge is 0.598 e. The Balaban J connectivity index is -0.0000000720. The molecular weight excluding hydrogens is 344 g/mol. The molecule has 0 spiro atoms. The van der Waals surface area contributed by atoms with Gasteiger partial charge in [0.2, 0.25) is 0 Å². The van der Waals surface area contributed by atoms with Crippen molar-refractivity contribution in [3.63, 3.8) is 0 Å². The van der Waals surface area contributed by atoms with Crippen molar-refractivity contribution >= 4 is 16.5 Å². The molecule has 0 aromatic carbocycles. The summed E-state index contributed by atoms with van der Waals surface area (Å²) in [5, 5.41) is 0. The van der Waals surface area contributed by atoms with Gasteiger partial charge < -0.3 is 19.6 Å². The molecule has 0 rings (SSSR count). The van der Waals surface area contributed by atoms with E-state index in [4.69, 9.17) is 28.7 Å². The third-order valence-electron chi connectivity index (χ3n) is 0. The summed E-state index contributed by atoms with van der Waals surface area (Å²) in [6, 6.07) is 0. The van der Waals surface area contributed by atoms with Gasteiger partial charge in [-0.3, -0.25) is 0 Å². The van der Waals surface area contributed by atoms with E-state index in [1.807, 2.05) is 0 Å². The van der Waals surface area contributed by atoms with Crippen LogP contribution in [0.1, 0.15) is 0 Å². The summed E-state index contributed by atoms with van der Waals surface area (Å²) in [6.07, 6.45) is 0. The summed E-state index contributed by atoms with van der Waals surface area (Å²) < 4.78 is 17.0. The molecular formula is O6P2Re-2. The average Bonchev–Trinajstić information content (AvgIpc) is 1.25. The van der Waals surface area contributed by atoms with Crippen molar-refractivity contribution in [1.29, 1.82) is 0 Å². The summed E-state index contributed by atoms with van der Waals surface area (Å²) in [5.41, 5.74) is 0. The third kappa shape index (κ3) is 792. The Morgan fingerprint density at radius 1 is 0.778 bits per heavy atom. The van der Waals surface area contributed by atoms with E-state index >= 15 is 0 Å². The molecule has 0 amide bonds. The summed E-state index contributed by atoms with van der Waals surface area (Å²) in [6.45, 7) is 0. The zero-order valence-electron chi connectivity index (χ0n) is 3.72. The van der Waals surface area contributed by atoms with E-state index in [2.05, 4.69) is 0 Å². The monoisotopic (exact) mass is 345 g/mol. The van der Waals surface area contributed by atoms with Crippen molar-refractivity contribution < 1.29 is 49.1 Å². The van der Waals surface area contributed by atoms with Gasteiger partial charge >= 0.3 is 0 Å². The van der Waals surface area contributed by atoms with Crippen LogP contribution in [-0.4, -0.2) is 0 Å². The van der Waals surface area contributed by atoms with Gasteiger partial charge in [-0.15, -0.1) is 0 Å². The fourth-order valence-corrected chi connectivity index (χ4v) is 0. The van der Waals surface area contributed by atoms with Crippen LogP contribution in [0, 0.1) is 0 Å². The molecule has 0 aromatic rings. The minimum Gasteiger partial charge on any atom is -0.598 e. The Hall–Kier alpha value is 0.702. The van der Waals surface area contributed by atoms with E-state index in [0.717, 1.165) is 0 Å². The van der Waals surface area contributed by atoms with Gasteiger partial charge in [-0.25, -0.2) is 0 Å². The summed E-state index contributed by atoms with van der Waals surface area (Å²) >= 11 is 0. The molecule has 0 saturated carbocycles. The fourth-order valence-electron chi connectivity index (χ4n) is 0. The van der Waals surface area contributed by atoms with Crippen LogP contribution in [0.15, 0.2) is 0 Å². The van der Waals surface area contributed by atoms with Gasteiger partial charge in [0.05, 0.1) is 0 Å². The van der Waals surface area contributed by atoms with Crippen molar-refractivity contribution in [2.75, 3.05) is 0 Å². The molecule has 55 valence electrons. The zero-order chi connectivity index (χ0) is 7.15. The number of hydrogen-bond acceptors (Lipinski definition) is 6. The molecule has 9 heteroatoms. The van der Waals surface area contributed by atoms with Gasteiger partial charge in [-0.1, -0.05) is 9.13 Å². The van der Waals surface area contributed by atoms with Gasteiger partial charge in [-0.05, 0) is 0 Å².